The van der Waals surface area contributed by atoms with Gasteiger partial charge >= 0.3 is 0 Å². The second-order valence-corrected chi connectivity index (χ2v) is 7.97. The Labute approximate surface area is 164 Å². The van der Waals surface area contributed by atoms with Gasteiger partial charge in [0.2, 0.25) is 0 Å². The Kier molecular flexibility index (Phi) is 6.33. The lowest BCUT2D eigenvalue weighted by atomic mass is 9.63. The minimum atomic E-state index is 0.199. The van der Waals surface area contributed by atoms with Crippen molar-refractivity contribution in [2.75, 3.05) is 27.2 Å². The van der Waals surface area contributed by atoms with Gasteiger partial charge in [0.1, 0.15) is 5.75 Å². The van der Waals surface area contributed by atoms with Crippen LogP contribution < -0.4 is 4.74 Å². The van der Waals surface area contributed by atoms with Crippen LogP contribution in [0.5, 0.6) is 5.75 Å². The molecule has 0 aliphatic carbocycles. The van der Waals surface area contributed by atoms with E-state index in [0.717, 1.165) is 30.8 Å². The number of piperidine rings is 1. The summed E-state index contributed by atoms with van der Waals surface area (Å²) in [6, 6.07) is 19.7. The Bertz CT molecular complexity index is 741. The third kappa shape index (κ3) is 4.41. The second-order valence-electron chi connectivity index (χ2n) is 7.97. The van der Waals surface area contributed by atoms with Crippen LogP contribution in [0.15, 0.2) is 59.6 Å². The van der Waals surface area contributed by atoms with E-state index in [1.807, 2.05) is 18.3 Å². The molecule has 1 aliphatic heterocycles. The van der Waals surface area contributed by atoms with Crippen LogP contribution in [0.1, 0.15) is 37.8 Å². The molecule has 0 bridgehead atoms. The summed E-state index contributed by atoms with van der Waals surface area (Å²) in [6.07, 6.45) is 4.26. The first kappa shape index (κ1) is 19.6. The third-order valence-corrected chi connectivity index (χ3v) is 6.31. The number of likely N-dealkylation sites (tertiary alicyclic amines) is 1. The molecular formula is C24H32N2O. The fourth-order valence-corrected chi connectivity index (χ4v) is 4.46. The average Bonchev–Trinajstić information content (AvgIpc) is 2.70. The van der Waals surface area contributed by atoms with E-state index in [-0.39, 0.29) is 5.41 Å². The zero-order chi connectivity index (χ0) is 19.3. The number of methoxy groups -OCH3 is 1. The summed E-state index contributed by atoms with van der Waals surface area (Å²) in [4.78, 5) is 7.25. The number of hydrogen-bond acceptors (Lipinski definition) is 3. The fourth-order valence-electron chi connectivity index (χ4n) is 4.46. The van der Waals surface area contributed by atoms with Crippen LogP contribution in [0.25, 0.3) is 0 Å². The van der Waals surface area contributed by atoms with Crippen LogP contribution in [0.2, 0.25) is 0 Å². The van der Waals surface area contributed by atoms with Crippen molar-refractivity contribution >= 4 is 6.21 Å². The van der Waals surface area contributed by atoms with E-state index < -0.39 is 0 Å². The Balaban J connectivity index is 1.75. The van der Waals surface area contributed by atoms with Crippen molar-refractivity contribution in [1.82, 2.24) is 4.90 Å². The van der Waals surface area contributed by atoms with Gasteiger partial charge in [-0.15, -0.1) is 0 Å². The van der Waals surface area contributed by atoms with Crippen molar-refractivity contribution in [3.8, 4) is 5.75 Å². The van der Waals surface area contributed by atoms with Crippen LogP contribution in [0.4, 0.5) is 0 Å². The molecule has 27 heavy (non-hydrogen) atoms. The maximum atomic E-state index is 5.22. The van der Waals surface area contributed by atoms with Gasteiger partial charge in [0, 0.05) is 30.8 Å². The van der Waals surface area contributed by atoms with Gasteiger partial charge in [-0.2, -0.15) is 0 Å². The van der Waals surface area contributed by atoms with E-state index in [1.54, 1.807) is 7.11 Å². The third-order valence-electron chi connectivity index (χ3n) is 6.31. The van der Waals surface area contributed by atoms with Crippen LogP contribution in [0, 0.1) is 5.92 Å². The van der Waals surface area contributed by atoms with Gasteiger partial charge in [-0.1, -0.05) is 37.3 Å². The number of aliphatic imine (C=N–C) groups is 1. The van der Waals surface area contributed by atoms with Crippen molar-refractivity contribution in [3.05, 3.63) is 65.7 Å². The summed E-state index contributed by atoms with van der Waals surface area (Å²) in [5, 5.41) is 0. The normalized spacial score (nSPS) is 26.4. The first-order valence-electron chi connectivity index (χ1n) is 9.95. The lowest BCUT2D eigenvalue weighted by Crippen LogP contribution is -2.51. The number of rotatable bonds is 6. The minimum Gasteiger partial charge on any atom is -0.497 e. The van der Waals surface area contributed by atoms with Crippen molar-refractivity contribution in [2.24, 2.45) is 10.9 Å². The molecule has 0 spiro atoms. The predicted octanol–water partition coefficient (Wildman–Crippen LogP) is 4.80. The van der Waals surface area contributed by atoms with Crippen molar-refractivity contribution in [2.45, 2.75) is 38.1 Å². The number of hydrogen-bond donors (Lipinski definition) is 0. The molecule has 0 N–H and O–H groups in total. The van der Waals surface area contributed by atoms with Crippen LogP contribution >= 0.6 is 0 Å². The lowest BCUT2D eigenvalue weighted by Gasteiger charge is -2.49. The second kappa shape index (κ2) is 8.71. The Hall–Kier alpha value is -2.13. The molecule has 3 atom stereocenters. The van der Waals surface area contributed by atoms with Crippen LogP contribution in [-0.4, -0.2) is 44.4 Å². The topological polar surface area (TPSA) is 24.8 Å². The number of benzene rings is 2. The smallest absolute Gasteiger partial charge is 0.118 e. The van der Waals surface area contributed by atoms with E-state index in [9.17, 15) is 0 Å². The Morgan fingerprint density at radius 3 is 2.48 bits per heavy atom. The van der Waals surface area contributed by atoms with Crippen molar-refractivity contribution < 1.29 is 4.74 Å². The highest BCUT2D eigenvalue weighted by Crippen LogP contribution is 2.44. The summed E-state index contributed by atoms with van der Waals surface area (Å²) >= 11 is 0. The quantitative estimate of drug-likeness (QED) is 0.688. The molecule has 3 rings (SSSR count). The molecule has 0 radical (unpaired) electrons. The molecule has 2 aromatic rings. The Morgan fingerprint density at radius 2 is 1.81 bits per heavy atom. The fraction of sp³-hybridized carbons (Fsp3) is 0.458. The molecule has 0 saturated carbocycles. The highest BCUT2D eigenvalue weighted by atomic mass is 16.5. The van der Waals surface area contributed by atoms with Crippen LogP contribution in [-0.2, 0) is 5.41 Å². The van der Waals surface area contributed by atoms with Gasteiger partial charge < -0.3 is 9.64 Å². The van der Waals surface area contributed by atoms with E-state index >= 15 is 0 Å². The molecule has 1 saturated heterocycles. The van der Waals surface area contributed by atoms with Gasteiger partial charge in [0.25, 0.3) is 0 Å². The average molecular weight is 365 g/mol. The first-order valence-corrected chi connectivity index (χ1v) is 9.95. The van der Waals surface area contributed by atoms with Gasteiger partial charge in [0.15, 0.2) is 0 Å². The summed E-state index contributed by atoms with van der Waals surface area (Å²) in [7, 11) is 3.94. The lowest BCUT2D eigenvalue weighted by molar-refractivity contribution is 0.0705. The van der Waals surface area contributed by atoms with Gasteiger partial charge in [0.05, 0.1) is 7.11 Å². The molecule has 144 valence electrons. The first-order chi connectivity index (χ1) is 13.0. The maximum Gasteiger partial charge on any atom is 0.118 e. The zero-order valence-electron chi connectivity index (χ0n) is 17.1. The largest absolute Gasteiger partial charge is 0.497 e. The number of nitrogens with zero attached hydrogens (tertiary/aromatic N) is 2. The molecule has 1 aliphatic rings. The minimum absolute atomic E-state index is 0.199. The van der Waals surface area contributed by atoms with Gasteiger partial charge in [-0.3, -0.25) is 4.99 Å². The van der Waals surface area contributed by atoms with E-state index in [2.05, 4.69) is 68.3 Å². The van der Waals surface area contributed by atoms with Gasteiger partial charge in [-0.05, 0) is 68.1 Å². The van der Waals surface area contributed by atoms with Crippen molar-refractivity contribution in [3.63, 3.8) is 0 Å². The molecular weight excluding hydrogens is 332 g/mol. The predicted molar refractivity (Wildman–Crippen MR) is 114 cm³/mol. The standard InChI is InChI=1S/C24H32N2O/c1-19-18-26(3)20(2)16-24(19,22-8-6-5-7-9-22)14-15-25-17-21-10-12-23(27-4)13-11-21/h5-13,17,19-20H,14-16,18H2,1-4H3/t19-,20+,24-/m1/s1. The van der Waals surface area contributed by atoms with Crippen LogP contribution in [0.3, 0.4) is 0 Å². The van der Waals surface area contributed by atoms with Crippen molar-refractivity contribution in [1.29, 1.82) is 0 Å². The zero-order valence-corrected chi connectivity index (χ0v) is 17.1. The highest BCUT2D eigenvalue weighted by Gasteiger charge is 2.43. The van der Waals surface area contributed by atoms with Gasteiger partial charge in [-0.25, -0.2) is 0 Å². The maximum absolute atomic E-state index is 5.22. The molecule has 3 nitrogen and oxygen atoms in total. The summed E-state index contributed by atoms with van der Waals surface area (Å²) in [6.45, 7) is 6.74. The molecule has 2 aromatic carbocycles. The highest BCUT2D eigenvalue weighted by molar-refractivity contribution is 5.79. The number of ether oxygens (including phenoxy) is 1. The molecule has 0 aromatic heterocycles. The SMILES string of the molecule is COc1ccc(C=NCC[C@@]2(c3ccccc3)C[C@H](C)N(C)C[C@H]2C)cc1. The summed E-state index contributed by atoms with van der Waals surface area (Å²) < 4.78 is 5.22. The summed E-state index contributed by atoms with van der Waals surface area (Å²) in [5.74, 6) is 1.49. The molecule has 1 heterocycles. The van der Waals surface area contributed by atoms with E-state index in [1.165, 1.54) is 12.0 Å². The summed E-state index contributed by atoms with van der Waals surface area (Å²) in [5.41, 5.74) is 2.79. The van der Waals surface area contributed by atoms with E-state index in [0.29, 0.717) is 12.0 Å². The molecule has 3 heteroatoms. The molecule has 0 amide bonds. The Morgan fingerprint density at radius 1 is 1.11 bits per heavy atom. The molecule has 1 fully saturated rings. The monoisotopic (exact) mass is 364 g/mol. The van der Waals surface area contributed by atoms with E-state index in [4.69, 9.17) is 9.73 Å². The molecule has 0 unspecified atom stereocenters.